The first-order chi connectivity index (χ1) is 4.20. The van der Waals surface area contributed by atoms with Crippen molar-refractivity contribution in [2.24, 2.45) is 0 Å². The molecule has 0 spiro atoms. The summed E-state index contributed by atoms with van der Waals surface area (Å²) in [5, 5.41) is 11.5. The van der Waals surface area contributed by atoms with Gasteiger partial charge in [-0.05, 0) is 6.54 Å². The van der Waals surface area contributed by atoms with Crippen molar-refractivity contribution in [3.8, 4) is 0 Å². The van der Waals surface area contributed by atoms with Crippen LogP contribution in [0.15, 0.2) is 0 Å². The molecule has 0 N–H and O–H groups in total. The second kappa shape index (κ2) is 2.77. The number of hydrogen-bond donors (Lipinski definition) is 0. The Bertz CT molecular complexity index is 128. The Morgan fingerprint density at radius 3 is 2.89 bits per heavy atom. The van der Waals surface area contributed by atoms with Gasteiger partial charge in [-0.15, -0.1) is 0 Å². The lowest BCUT2D eigenvalue weighted by Crippen LogP contribution is -2.37. The molecule has 9 heavy (non-hydrogen) atoms. The number of Topliss-reactive ketones (excluding diaryl/α,β-unsaturated/α-hetero) is 1. The number of piperidine rings is 1. The largest absolute Gasteiger partial charge is 0.785 e. The van der Waals surface area contributed by atoms with Gasteiger partial charge >= 0.3 is 0 Å². The zero-order chi connectivity index (χ0) is 6.85. The van der Waals surface area contributed by atoms with Gasteiger partial charge in [-0.1, -0.05) is 15.9 Å². The van der Waals surface area contributed by atoms with E-state index >= 15 is 0 Å². The zero-order valence-corrected chi connectivity index (χ0v) is 6.43. The molecule has 3 nitrogen and oxygen atoms in total. The molecular weight excluding hydrogens is 186 g/mol. The van der Waals surface area contributed by atoms with Crippen molar-refractivity contribution >= 4 is 21.7 Å². The topological polar surface area (TPSA) is 43.4 Å². The quantitative estimate of drug-likeness (QED) is 0.526. The van der Waals surface area contributed by atoms with Crippen molar-refractivity contribution in [3.63, 3.8) is 0 Å². The van der Waals surface area contributed by atoms with Crippen LogP contribution in [0, 0.1) is 5.21 Å². The number of alkyl halides is 1. The molecule has 1 fully saturated rings. The number of hydroxylamine groups is 2. The summed E-state index contributed by atoms with van der Waals surface area (Å²) >= 11 is 3.10. The number of rotatable bonds is 0. The van der Waals surface area contributed by atoms with Crippen LogP contribution in [0.4, 0.5) is 0 Å². The van der Waals surface area contributed by atoms with Crippen molar-refractivity contribution in [1.29, 1.82) is 0 Å². The third-order valence-corrected chi connectivity index (χ3v) is 2.12. The third kappa shape index (κ3) is 1.74. The van der Waals surface area contributed by atoms with Gasteiger partial charge in [0, 0.05) is 13.0 Å². The highest BCUT2D eigenvalue weighted by atomic mass is 79.9. The molecule has 0 amide bonds. The van der Waals surface area contributed by atoms with E-state index in [2.05, 4.69) is 15.9 Å². The Labute approximate surface area is 61.7 Å². The highest BCUT2D eigenvalue weighted by molar-refractivity contribution is 9.10. The van der Waals surface area contributed by atoms with Crippen molar-refractivity contribution in [2.75, 3.05) is 13.1 Å². The van der Waals surface area contributed by atoms with Crippen LogP contribution >= 0.6 is 15.9 Å². The lowest BCUT2D eigenvalue weighted by Gasteiger charge is -2.33. The summed E-state index contributed by atoms with van der Waals surface area (Å²) in [4.78, 5) is 10.5. The summed E-state index contributed by atoms with van der Waals surface area (Å²) in [6.07, 6.45) is 0.388. The van der Waals surface area contributed by atoms with Gasteiger partial charge in [-0.2, -0.15) is 0 Å². The molecule has 0 radical (unpaired) electrons. The van der Waals surface area contributed by atoms with Gasteiger partial charge in [-0.3, -0.25) is 4.79 Å². The first kappa shape index (κ1) is 7.18. The van der Waals surface area contributed by atoms with Gasteiger partial charge in [0.25, 0.3) is 0 Å². The van der Waals surface area contributed by atoms with Gasteiger partial charge in [0.05, 0.1) is 4.83 Å². The zero-order valence-electron chi connectivity index (χ0n) is 4.84. The summed E-state index contributed by atoms with van der Waals surface area (Å²) in [5.74, 6) is 0.141. The average Bonchev–Trinajstić information content (AvgIpc) is 1.80. The standard InChI is InChI=1S/C5H7BrNO2/c6-4-3-7(9)2-1-5(4)8/h4H,1-3H2/q-1. The monoisotopic (exact) mass is 192 g/mol. The molecule has 1 rings (SSSR count). The molecule has 1 aliphatic heterocycles. The molecular formula is C5H7BrNO2-. The van der Waals surface area contributed by atoms with Crippen molar-refractivity contribution in [1.82, 2.24) is 5.06 Å². The van der Waals surface area contributed by atoms with Crippen LogP contribution in [0.25, 0.3) is 0 Å². The molecule has 1 atom stereocenters. The summed E-state index contributed by atoms with van der Waals surface area (Å²) in [7, 11) is 0. The van der Waals surface area contributed by atoms with Gasteiger partial charge in [0.2, 0.25) is 0 Å². The maximum atomic E-state index is 10.7. The molecule has 0 aromatic carbocycles. The molecule has 1 unspecified atom stereocenters. The first-order valence-electron chi connectivity index (χ1n) is 2.79. The first-order valence-corrected chi connectivity index (χ1v) is 3.70. The Kier molecular flexibility index (Phi) is 2.21. The summed E-state index contributed by atoms with van der Waals surface area (Å²) < 4.78 is 0. The Balaban J connectivity index is 2.44. The fourth-order valence-corrected chi connectivity index (χ4v) is 1.32. The number of halogens is 1. The van der Waals surface area contributed by atoms with Crippen LogP contribution < -0.4 is 0 Å². The van der Waals surface area contributed by atoms with E-state index in [1.54, 1.807) is 0 Å². The lowest BCUT2D eigenvalue weighted by atomic mass is 10.1. The van der Waals surface area contributed by atoms with E-state index in [4.69, 9.17) is 0 Å². The molecule has 0 saturated carbocycles. The molecule has 1 heterocycles. The summed E-state index contributed by atoms with van der Waals surface area (Å²) in [6, 6.07) is 0. The summed E-state index contributed by atoms with van der Waals surface area (Å²) in [5.41, 5.74) is 0. The minimum atomic E-state index is -0.233. The predicted molar refractivity (Wildman–Crippen MR) is 37.3 cm³/mol. The second-order valence-corrected chi connectivity index (χ2v) is 3.18. The van der Waals surface area contributed by atoms with Crippen LogP contribution in [-0.4, -0.2) is 28.8 Å². The van der Waals surface area contributed by atoms with Crippen LogP contribution in [-0.2, 0) is 4.79 Å². The van der Waals surface area contributed by atoms with Gasteiger partial charge in [-0.25, -0.2) is 0 Å². The van der Waals surface area contributed by atoms with E-state index in [9.17, 15) is 10.0 Å². The van der Waals surface area contributed by atoms with Crippen molar-refractivity contribution in [2.45, 2.75) is 11.2 Å². The molecule has 1 saturated heterocycles. The van der Waals surface area contributed by atoms with E-state index in [0.29, 0.717) is 19.5 Å². The third-order valence-electron chi connectivity index (χ3n) is 1.32. The van der Waals surface area contributed by atoms with E-state index in [0.717, 1.165) is 5.06 Å². The maximum Gasteiger partial charge on any atom is 0.148 e. The van der Waals surface area contributed by atoms with Crippen LogP contribution in [0.1, 0.15) is 6.42 Å². The molecule has 0 aliphatic carbocycles. The van der Waals surface area contributed by atoms with Gasteiger partial charge < -0.3 is 10.3 Å². The van der Waals surface area contributed by atoms with E-state index in [-0.39, 0.29) is 10.6 Å². The maximum absolute atomic E-state index is 10.7. The highest BCUT2D eigenvalue weighted by Crippen LogP contribution is 2.11. The minimum Gasteiger partial charge on any atom is -0.785 e. The molecule has 0 bridgehead atoms. The van der Waals surface area contributed by atoms with Crippen LogP contribution in [0.2, 0.25) is 0 Å². The smallest absolute Gasteiger partial charge is 0.148 e. The van der Waals surface area contributed by atoms with Crippen molar-refractivity contribution in [3.05, 3.63) is 5.21 Å². The fourth-order valence-electron chi connectivity index (χ4n) is 0.763. The minimum absolute atomic E-state index is 0.141. The fraction of sp³-hybridized carbons (Fsp3) is 0.800. The van der Waals surface area contributed by atoms with Crippen LogP contribution in [0.3, 0.4) is 0 Å². The average molecular weight is 193 g/mol. The Morgan fingerprint density at radius 2 is 2.44 bits per heavy atom. The van der Waals surface area contributed by atoms with E-state index in [1.165, 1.54) is 0 Å². The highest BCUT2D eigenvalue weighted by Gasteiger charge is 2.19. The van der Waals surface area contributed by atoms with Crippen molar-refractivity contribution < 1.29 is 4.79 Å². The van der Waals surface area contributed by atoms with E-state index < -0.39 is 0 Å². The molecule has 4 heteroatoms. The van der Waals surface area contributed by atoms with Gasteiger partial charge in [0.1, 0.15) is 5.78 Å². The van der Waals surface area contributed by atoms with Crippen LogP contribution in [0.5, 0.6) is 0 Å². The Hall–Kier alpha value is 0.0700. The molecule has 0 aromatic heterocycles. The normalized spacial score (nSPS) is 30.9. The number of carbonyl (C=O) groups is 1. The number of hydrogen-bond acceptors (Lipinski definition) is 3. The lowest BCUT2D eigenvalue weighted by molar-refractivity contribution is -0.120. The van der Waals surface area contributed by atoms with Gasteiger partial charge in [0.15, 0.2) is 0 Å². The second-order valence-electron chi connectivity index (χ2n) is 2.07. The molecule has 1 aliphatic rings. The SMILES string of the molecule is O=C1CCN([O-])CC1Br. The van der Waals surface area contributed by atoms with E-state index in [1.807, 2.05) is 0 Å². The molecule has 0 aromatic rings. The number of carbonyl (C=O) groups excluding carboxylic acids is 1. The summed E-state index contributed by atoms with van der Waals surface area (Å²) in [6.45, 7) is 0.666. The predicted octanol–water partition coefficient (Wildman–Crippen LogP) is 0.523. The number of nitrogens with zero attached hydrogens (tertiary/aromatic N) is 1. The molecule has 52 valence electrons. The number of ketones is 1. The Morgan fingerprint density at radius 1 is 1.78 bits per heavy atom.